The molecule has 7 heteroatoms. The van der Waals surface area contributed by atoms with Crippen molar-refractivity contribution in [1.29, 1.82) is 0 Å². The SMILES string of the molecule is CCn1nnc2ccc(-c3noc(Cc4ccc(OC)cc4)n3)cc21. The molecule has 0 bridgehead atoms. The van der Waals surface area contributed by atoms with E-state index in [0.717, 1.165) is 34.5 Å². The molecule has 0 radical (unpaired) electrons. The summed E-state index contributed by atoms with van der Waals surface area (Å²) in [6, 6.07) is 13.6. The van der Waals surface area contributed by atoms with Crippen LogP contribution in [0.2, 0.25) is 0 Å². The fourth-order valence-electron chi connectivity index (χ4n) is 2.70. The van der Waals surface area contributed by atoms with E-state index in [4.69, 9.17) is 9.26 Å². The zero-order chi connectivity index (χ0) is 17.2. The van der Waals surface area contributed by atoms with Crippen molar-refractivity contribution in [1.82, 2.24) is 25.1 Å². The minimum Gasteiger partial charge on any atom is -0.497 e. The van der Waals surface area contributed by atoms with Crippen LogP contribution in [0, 0.1) is 0 Å². The van der Waals surface area contributed by atoms with Gasteiger partial charge in [-0.05, 0) is 42.8 Å². The number of fused-ring (bicyclic) bond motifs is 1. The molecule has 2 aromatic carbocycles. The second-order valence-corrected chi connectivity index (χ2v) is 5.65. The van der Waals surface area contributed by atoms with Crippen LogP contribution < -0.4 is 4.74 Å². The van der Waals surface area contributed by atoms with E-state index in [-0.39, 0.29) is 0 Å². The van der Waals surface area contributed by atoms with Gasteiger partial charge in [0.2, 0.25) is 11.7 Å². The van der Waals surface area contributed by atoms with E-state index >= 15 is 0 Å². The number of benzene rings is 2. The first-order chi connectivity index (χ1) is 12.3. The smallest absolute Gasteiger partial charge is 0.231 e. The number of methoxy groups -OCH3 is 1. The van der Waals surface area contributed by atoms with Crippen LogP contribution >= 0.6 is 0 Å². The van der Waals surface area contributed by atoms with Gasteiger partial charge < -0.3 is 9.26 Å². The van der Waals surface area contributed by atoms with Crippen molar-refractivity contribution in [3.63, 3.8) is 0 Å². The van der Waals surface area contributed by atoms with E-state index in [1.165, 1.54) is 0 Å². The highest BCUT2D eigenvalue weighted by Gasteiger charge is 2.12. The Labute approximate surface area is 144 Å². The van der Waals surface area contributed by atoms with Crippen LogP contribution in [-0.2, 0) is 13.0 Å². The van der Waals surface area contributed by atoms with Crippen LogP contribution in [0.15, 0.2) is 47.0 Å². The van der Waals surface area contributed by atoms with Crippen LogP contribution in [0.5, 0.6) is 5.75 Å². The monoisotopic (exact) mass is 335 g/mol. The van der Waals surface area contributed by atoms with Gasteiger partial charge in [-0.25, -0.2) is 4.68 Å². The van der Waals surface area contributed by atoms with Gasteiger partial charge in [-0.1, -0.05) is 22.5 Å². The Hall–Kier alpha value is -3.22. The summed E-state index contributed by atoms with van der Waals surface area (Å²) in [4.78, 5) is 4.51. The first-order valence-corrected chi connectivity index (χ1v) is 8.06. The van der Waals surface area contributed by atoms with Crippen LogP contribution in [-0.4, -0.2) is 32.2 Å². The Balaban J connectivity index is 1.59. The summed E-state index contributed by atoms with van der Waals surface area (Å²) >= 11 is 0. The Morgan fingerprint density at radius 1 is 1.12 bits per heavy atom. The molecule has 0 aliphatic carbocycles. The van der Waals surface area contributed by atoms with Crippen LogP contribution in [0.4, 0.5) is 0 Å². The molecule has 0 aliphatic heterocycles. The normalized spacial score (nSPS) is 11.1. The lowest BCUT2D eigenvalue weighted by Crippen LogP contribution is -1.96. The van der Waals surface area contributed by atoms with Crippen molar-refractivity contribution in [3.05, 3.63) is 53.9 Å². The molecule has 0 saturated carbocycles. The highest BCUT2D eigenvalue weighted by atomic mass is 16.5. The average Bonchev–Trinajstić information content (AvgIpc) is 3.28. The summed E-state index contributed by atoms with van der Waals surface area (Å²) < 4.78 is 12.4. The van der Waals surface area contributed by atoms with Gasteiger partial charge in [0.25, 0.3) is 0 Å². The maximum atomic E-state index is 5.40. The first kappa shape index (κ1) is 15.3. The Kier molecular flexibility index (Phi) is 3.89. The minimum atomic E-state index is 0.564. The van der Waals surface area contributed by atoms with Crippen molar-refractivity contribution >= 4 is 11.0 Å². The highest BCUT2D eigenvalue weighted by Crippen LogP contribution is 2.22. The van der Waals surface area contributed by atoms with E-state index in [0.29, 0.717) is 18.1 Å². The number of hydrogen-bond acceptors (Lipinski definition) is 6. The van der Waals surface area contributed by atoms with E-state index in [1.807, 2.05) is 54.1 Å². The van der Waals surface area contributed by atoms with Gasteiger partial charge in [0.15, 0.2) is 0 Å². The molecule has 2 heterocycles. The van der Waals surface area contributed by atoms with Gasteiger partial charge >= 0.3 is 0 Å². The number of nitrogens with zero attached hydrogens (tertiary/aromatic N) is 5. The minimum absolute atomic E-state index is 0.564. The molecule has 4 aromatic rings. The van der Waals surface area contributed by atoms with Gasteiger partial charge in [-0.3, -0.25) is 0 Å². The lowest BCUT2D eigenvalue weighted by Gasteiger charge is -2.00. The third-order valence-corrected chi connectivity index (χ3v) is 4.05. The molecule has 0 spiro atoms. The molecule has 7 nitrogen and oxygen atoms in total. The Morgan fingerprint density at radius 3 is 2.72 bits per heavy atom. The molecule has 0 unspecified atom stereocenters. The van der Waals surface area contributed by atoms with Crippen LogP contribution in [0.25, 0.3) is 22.4 Å². The molecule has 25 heavy (non-hydrogen) atoms. The number of ether oxygens (including phenoxy) is 1. The highest BCUT2D eigenvalue weighted by molar-refractivity contribution is 5.79. The maximum absolute atomic E-state index is 5.40. The molecule has 0 saturated heterocycles. The lowest BCUT2D eigenvalue weighted by molar-refractivity contribution is 0.385. The summed E-state index contributed by atoms with van der Waals surface area (Å²) in [6.07, 6.45) is 0.577. The summed E-state index contributed by atoms with van der Waals surface area (Å²) in [5.74, 6) is 1.96. The molecule has 0 atom stereocenters. The molecule has 126 valence electrons. The Morgan fingerprint density at radius 2 is 1.96 bits per heavy atom. The van der Waals surface area contributed by atoms with Crippen molar-refractivity contribution in [2.45, 2.75) is 19.9 Å². The quantitative estimate of drug-likeness (QED) is 0.557. The fourth-order valence-corrected chi connectivity index (χ4v) is 2.70. The molecule has 0 amide bonds. The molecule has 4 rings (SSSR count). The molecular formula is C18H17N5O2. The number of aromatic nitrogens is 5. The summed E-state index contributed by atoms with van der Waals surface area (Å²) in [5, 5.41) is 12.4. The number of hydrogen-bond donors (Lipinski definition) is 0. The van der Waals surface area contributed by atoms with Crippen molar-refractivity contribution < 1.29 is 9.26 Å². The summed E-state index contributed by atoms with van der Waals surface area (Å²) in [6.45, 7) is 2.79. The largest absolute Gasteiger partial charge is 0.497 e. The molecule has 0 aliphatic rings. The standard InChI is InChI=1S/C18H17N5O2/c1-3-23-16-11-13(6-9-15(16)20-22-23)18-19-17(25-21-18)10-12-4-7-14(24-2)8-5-12/h4-9,11H,3,10H2,1-2H3. The number of aryl methyl sites for hydroxylation is 1. The Bertz CT molecular complexity index is 1000. The third-order valence-electron chi connectivity index (χ3n) is 4.05. The average molecular weight is 335 g/mol. The predicted molar refractivity (Wildman–Crippen MR) is 92.3 cm³/mol. The van der Waals surface area contributed by atoms with Crippen LogP contribution in [0.3, 0.4) is 0 Å². The van der Waals surface area contributed by atoms with Gasteiger partial charge in [-0.15, -0.1) is 5.10 Å². The first-order valence-electron chi connectivity index (χ1n) is 8.06. The van der Waals surface area contributed by atoms with E-state index in [1.54, 1.807) is 7.11 Å². The molecule has 2 aromatic heterocycles. The number of rotatable bonds is 5. The summed E-state index contributed by atoms with van der Waals surface area (Å²) in [7, 11) is 1.65. The van der Waals surface area contributed by atoms with Crippen molar-refractivity contribution in [2.75, 3.05) is 7.11 Å². The maximum Gasteiger partial charge on any atom is 0.231 e. The zero-order valence-corrected chi connectivity index (χ0v) is 14.0. The van der Waals surface area contributed by atoms with Gasteiger partial charge in [0, 0.05) is 12.1 Å². The zero-order valence-electron chi connectivity index (χ0n) is 14.0. The van der Waals surface area contributed by atoms with Crippen molar-refractivity contribution in [3.8, 4) is 17.1 Å². The molecular weight excluding hydrogens is 318 g/mol. The van der Waals surface area contributed by atoms with Gasteiger partial charge in [-0.2, -0.15) is 4.98 Å². The van der Waals surface area contributed by atoms with Gasteiger partial charge in [0.1, 0.15) is 11.3 Å². The molecule has 0 N–H and O–H groups in total. The molecule has 0 fully saturated rings. The van der Waals surface area contributed by atoms with Crippen LogP contribution in [0.1, 0.15) is 18.4 Å². The van der Waals surface area contributed by atoms with E-state index in [2.05, 4.69) is 20.5 Å². The second kappa shape index (κ2) is 6.35. The van der Waals surface area contributed by atoms with E-state index < -0.39 is 0 Å². The van der Waals surface area contributed by atoms with E-state index in [9.17, 15) is 0 Å². The lowest BCUT2D eigenvalue weighted by atomic mass is 10.1. The summed E-state index contributed by atoms with van der Waals surface area (Å²) in [5.41, 5.74) is 3.78. The fraction of sp³-hybridized carbons (Fsp3) is 0.222. The third kappa shape index (κ3) is 2.96. The topological polar surface area (TPSA) is 78.9 Å². The van der Waals surface area contributed by atoms with Crippen molar-refractivity contribution in [2.24, 2.45) is 0 Å². The van der Waals surface area contributed by atoms with Gasteiger partial charge in [0.05, 0.1) is 19.0 Å². The predicted octanol–water partition coefficient (Wildman–Crippen LogP) is 3.10. The second-order valence-electron chi connectivity index (χ2n) is 5.65.